The predicted octanol–water partition coefficient (Wildman–Crippen LogP) is 1.17. The molecule has 0 aliphatic rings. The number of nitrogens with one attached hydrogen (secondary N) is 2. The zero-order valence-corrected chi connectivity index (χ0v) is 10.4. The molecule has 0 spiro atoms. The molecule has 0 bridgehead atoms. The Kier molecular flexibility index (Phi) is 4.24. The molecule has 1 rings (SSSR count). The van der Waals surface area contributed by atoms with Crippen LogP contribution in [0.5, 0.6) is 0 Å². The number of carbonyl (C=O) groups excluding carboxylic acids is 1. The first-order valence-electron chi connectivity index (χ1n) is 5.46. The molecular formula is C13H17N3O. The largest absolute Gasteiger partial charge is 0.350 e. The highest BCUT2D eigenvalue weighted by Gasteiger charge is 2.24. The Morgan fingerprint density at radius 2 is 2.18 bits per heavy atom. The number of nitrogens with zero attached hydrogens (tertiary/aromatic N) is 1. The normalized spacial score (nSPS) is 10.7. The van der Waals surface area contributed by atoms with Crippen LogP contribution in [0, 0.1) is 11.3 Å². The van der Waals surface area contributed by atoms with E-state index in [9.17, 15) is 4.79 Å². The van der Waals surface area contributed by atoms with Crippen LogP contribution in [0.3, 0.4) is 0 Å². The highest BCUT2D eigenvalue weighted by atomic mass is 16.2. The minimum Gasteiger partial charge on any atom is -0.350 e. The quantitative estimate of drug-likeness (QED) is 0.817. The van der Waals surface area contributed by atoms with Crippen LogP contribution in [0.4, 0.5) is 0 Å². The second-order valence-electron chi connectivity index (χ2n) is 4.37. The van der Waals surface area contributed by atoms with Gasteiger partial charge in [-0.15, -0.1) is 0 Å². The Hall–Kier alpha value is -1.86. The second kappa shape index (κ2) is 5.46. The first-order valence-corrected chi connectivity index (χ1v) is 5.46. The van der Waals surface area contributed by atoms with E-state index in [1.165, 1.54) is 0 Å². The molecule has 0 saturated heterocycles. The van der Waals surface area contributed by atoms with Crippen molar-refractivity contribution in [1.82, 2.24) is 10.6 Å². The summed E-state index contributed by atoms with van der Waals surface area (Å²) in [5.41, 5.74) is 0.932. The Balaban J connectivity index is 2.62. The standard InChI is InChI=1S/C13H17N3O/c1-13(2,15-3)12(17)16-9-11-6-4-5-10(7-11)8-14/h4-7,15H,9H2,1-3H3,(H,16,17). The summed E-state index contributed by atoms with van der Waals surface area (Å²) in [5, 5.41) is 14.5. The van der Waals surface area contributed by atoms with Crippen LogP contribution in [0.1, 0.15) is 25.0 Å². The van der Waals surface area contributed by atoms with Gasteiger partial charge in [0.2, 0.25) is 5.91 Å². The number of hydrogen-bond donors (Lipinski definition) is 2. The van der Waals surface area contributed by atoms with Crippen LogP contribution in [0.25, 0.3) is 0 Å². The van der Waals surface area contributed by atoms with Crippen molar-refractivity contribution in [2.45, 2.75) is 25.9 Å². The van der Waals surface area contributed by atoms with Crippen LogP contribution in [-0.4, -0.2) is 18.5 Å². The molecule has 0 atom stereocenters. The van der Waals surface area contributed by atoms with Gasteiger partial charge in [-0.25, -0.2) is 0 Å². The third kappa shape index (κ3) is 3.58. The number of nitriles is 1. The summed E-state index contributed by atoms with van der Waals surface area (Å²) in [6.07, 6.45) is 0. The van der Waals surface area contributed by atoms with Gasteiger partial charge in [0.1, 0.15) is 0 Å². The van der Waals surface area contributed by atoms with E-state index in [2.05, 4.69) is 16.7 Å². The summed E-state index contributed by atoms with van der Waals surface area (Å²) in [6, 6.07) is 9.27. The molecule has 17 heavy (non-hydrogen) atoms. The molecule has 1 aromatic carbocycles. The molecule has 4 heteroatoms. The number of amides is 1. The minimum absolute atomic E-state index is 0.0673. The summed E-state index contributed by atoms with van der Waals surface area (Å²) in [5.74, 6) is -0.0673. The van der Waals surface area contributed by atoms with E-state index in [1.807, 2.05) is 26.0 Å². The summed E-state index contributed by atoms with van der Waals surface area (Å²) in [6.45, 7) is 4.06. The third-order valence-corrected chi connectivity index (χ3v) is 2.70. The highest BCUT2D eigenvalue weighted by Crippen LogP contribution is 2.05. The third-order valence-electron chi connectivity index (χ3n) is 2.70. The van der Waals surface area contributed by atoms with Crippen molar-refractivity contribution in [1.29, 1.82) is 5.26 Å². The van der Waals surface area contributed by atoms with Crippen LogP contribution >= 0.6 is 0 Å². The number of hydrogen-bond acceptors (Lipinski definition) is 3. The first kappa shape index (κ1) is 13.2. The van der Waals surface area contributed by atoms with Gasteiger partial charge >= 0.3 is 0 Å². The average Bonchev–Trinajstić information content (AvgIpc) is 2.36. The van der Waals surface area contributed by atoms with Gasteiger partial charge in [0.05, 0.1) is 17.2 Å². The molecule has 90 valence electrons. The van der Waals surface area contributed by atoms with Crippen molar-refractivity contribution in [3.8, 4) is 6.07 Å². The summed E-state index contributed by atoms with van der Waals surface area (Å²) >= 11 is 0. The maximum absolute atomic E-state index is 11.8. The Morgan fingerprint density at radius 1 is 1.47 bits per heavy atom. The van der Waals surface area contributed by atoms with Crippen molar-refractivity contribution in [2.75, 3.05) is 7.05 Å². The second-order valence-corrected chi connectivity index (χ2v) is 4.37. The molecule has 1 aromatic rings. The van der Waals surface area contributed by atoms with E-state index in [1.54, 1.807) is 19.2 Å². The summed E-state index contributed by atoms with van der Waals surface area (Å²) in [7, 11) is 1.75. The fourth-order valence-electron chi connectivity index (χ4n) is 1.27. The van der Waals surface area contributed by atoms with Gasteiger partial charge in [-0.05, 0) is 38.6 Å². The zero-order chi connectivity index (χ0) is 12.9. The van der Waals surface area contributed by atoms with Gasteiger partial charge in [0, 0.05) is 6.54 Å². The Morgan fingerprint density at radius 3 is 2.76 bits per heavy atom. The number of rotatable bonds is 4. The van der Waals surface area contributed by atoms with E-state index >= 15 is 0 Å². The average molecular weight is 231 g/mol. The minimum atomic E-state index is -0.590. The van der Waals surface area contributed by atoms with Crippen molar-refractivity contribution in [3.63, 3.8) is 0 Å². The monoisotopic (exact) mass is 231 g/mol. The topological polar surface area (TPSA) is 64.9 Å². The Labute approximate surface area is 102 Å². The molecule has 0 heterocycles. The van der Waals surface area contributed by atoms with Gasteiger partial charge in [0.25, 0.3) is 0 Å². The molecule has 0 fully saturated rings. The van der Waals surface area contributed by atoms with E-state index in [4.69, 9.17) is 5.26 Å². The molecule has 0 aliphatic heterocycles. The van der Waals surface area contributed by atoms with Gasteiger partial charge in [-0.3, -0.25) is 4.79 Å². The summed E-state index contributed by atoms with van der Waals surface area (Å²) in [4.78, 5) is 11.8. The van der Waals surface area contributed by atoms with Crippen LogP contribution < -0.4 is 10.6 Å². The van der Waals surface area contributed by atoms with Crippen LogP contribution in [0.15, 0.2) is 24.3 Å². The van der Waals surface area contributed by atoms with E-state index < -0.39 is 5.54 Å². The van der Waals surface area contributed by atoms with Crippen molar-refractivity contribution < 1.29 is 4.79 Å². The van der Waals surface area contributed by atoms with Crippen molar-refractivity contribution in [3.05, 3.63) is 35.4 Å². The number of benzene rings is 1. The van der Waals surface area contributed by atoms with Gasteiger partial charge in [-0.2, -0.15) is 5.26 Å². The molecule has 0 saturated carbocycles. The maximum Gasteiger partial charge on any atom is 0.239 e. The molecule has 0 aromatic heterocycles. The number of carbonyl (C=O) groups is 1. The summed E-state index contributed by atoms with van der Waals surface area (Å²) < 4.78 is 0. The molecule has 0 unspecified atom stereocenters. The molecular weight excluding hydrogens is 214 g/mol. The molecule has 0 aliphatic carbocycles. The van der Waals surface area contributed by atoms with Crippen molar-refractivity contribution in [2.24, 2.45) is 0 Å². The van der Waals surface area contributed by atoms with Crippen molar-refractivity contribution >= 4 is 5.91 Å². The number of likely N-dealkylation sites (N-methyl/N-ethyl adjacent to an activating group) is 1. The van der Waals surface area contributed by atoms with Gasteiger partial charge < -0.3 is 10.6 Å². The fourth-order valence-corrected chi connectivity index (χ4v) is 1.27. The SMILES string of the molecule is CNC(C)(C)C(=O)NCc1cccc(C#N)c1. The van der Waals surface area contributed by atoms with E-state index in [0.29, 0.717) is 12.1 Å². The van der Waals surface area contributed by atoms with E-state index in [-0.39, 0.29) is 5.91 Å². The maximum atomic E-state index is 11.8. The Bertz CT molecular complexity index is 446. The molecule has 1 amide bonds. The zero-order valence-electron chi connectivity index (χ0n) is 10.4. The first-order chi connectivity index (χ1) is 7.99. The smallest absolute Gasteiger partial charge is 0.239 e. The van der Waals surface area contributed by atoms with Crippen LogP contribution in [0.2, 0.25) is 0 Å². The molecule has 2 N–H and O–H groups in total. The van der Waals surface area contributed by atoms with E-state index in [0.717, 1.165) is 5.56 Å². The molecule has 4 nitrogen and oxygen atoms in total. The predicted molar refractivity (Wildman–Crippen MR) is 66.1 cm³/mol. The lowest BCUT2D eigenvalue weighted by Gasteiger charge is -2.22. The van der Waals surface area contributed by atoms with Gasteiger partial charge in [-0.1, -0.05) is 12.1 Å². The van der Waals surface area contributed by atoms with Crippen LogP contribution in [-0.2, 0) is 11.3 Å². The highest BCUT2D eigenvalue weighted by molar-refractivity contribution is 5.85. The lowest BCUT2D eigenvalue weighted by molar-refractivity contribution is -0.126. The molecule has 0 radical (unpaired) electrons. The lowest BCUT2D eigenvalue weighted by Crippen LogP contribution is -2.50. The van der Waals surface area contributed by atoms with Gasteiger partial charge in [0.15, 0.2) is 0 Å². The lowest BCUT2D eigenvalue weighted by atomic mass is 10.0. The fraction of sp³-hybridized carbons (Fsp3) is 0.385.